The topological polar surface area (TPSA) is 3.01 Å². The van der Waals surface area contributed by atoms with E-state index < -0.39 is 0 Å². The summed E-state index contributed by atoms with van der Waals surface area (Å²) in [4.78, 5) is 0. The number of hydrogen-bond acceptors (Lipinski definition) is 0. The minimum absolute atomic E-state index is 0.177. The second-order valence-corrected chi connectivity index (χ2v) is 3.02. The van der Waals surface area contributed by atoms with E-state index in [1.807, 2.05) is 19.3 Å². The summed E-state index contributed by atoms with van der Waals surface area (Å²) in [5, 5.41) is 0. The van der Waals surface area contributed by atoms with Crippen LogP contribution in [0.25, 0.3) is 0 Å². The van der Waals surface area contributed by atoms with Gasteiger partial charge in [0.05, 0.1) is 0 Å². The van der Waals surface area contributed by atoms with Crippen molar-refractivity contribution in [1.82, 2.24) is 0 Å². The van der Waals surface area contributed by atoms with Crippen LogP contribution >= 0.6 is 0 Å². The van der Waals surface area contributed by atoms with Crippen molar-refractivity contribution in [2.24, 2.45) is 0 Å². The van der Waals surface area contributed by atoms with Crippen molar-refractivity contribution in [2.75, 3.05) is 0 Å². The SMILES string of the molecule is C=C[N+](=CC)C(C)(C)C. The van der Waals surface area contributed by atoms with Crippen molar-refractivity contribution >= 4 is 6.21 Å². The zero-order chi connectivity index (χ0) is 7.49. The molecule has 0 radical (unpaired) electrons. The predicted molar refractivity (Wildman–Crippen MR) is 41.9 cm³/mol. The summed E-state index contributed by atoms with van der Waals surface area (Å²) in [6.45, 7) is 12.1. The minimum atomic E-state index is 0.177. The molecule has 0 saturated carbocycles. The maximum Gasteiger partial charge on any atom is 0.161 e. The molecule has 0 heterocycles. The predicted octanol–water partition coefficient (Wildman–Crippen LogP) is 2.03. The van der Waals surface area contributed by atoms with Crippen molar-refractivity contribution in [2.45, 2.75) is 33.2 Å². The fourth-order valence-electron chi connectivity index (χ4n) is 0.767. The molecule has 0 N–H and O–H groups in total. The van der Waals surface area contributed by atoms with Crippen LogP contribution in [0.2, 0.25) is 0 Å². The first-order valence-electron chi connectivity index (χ1n) is 3.23. The molecule has 52 valence electrons. The van der Waals surface area contributed by atoms with Crippen LogP contribution < -0.4 is 0 Å². The fraction of sp³-hybridized carbons (Fsp3) is 0.625. The Kier molecular flexibility index (Phi) is 2.63. The first kappa shape index (κ1) is 8.41. The van der Waals surface area contributed by atoms with Crippen LogP contribution in [0.1, 0.15) is 27.7 Å². The molecule has 0 aliphatic rings. The first-order chi connectivity index (χ1) is 4.02. The highest BCUT2D eigenvalue weighted by Gasteiger charge is 2.19. The second kappa shape index (κ2) is 2.81. The summed E-state index contributed by atoms with van der Waals surface area (Å²) in [5.74, 6) is 0. The van der Waals surface area contributed by atoms with Gasteiger partial charge in [-0.2, -0.15) is 0 Å². The Bertz CT molecular complexity index is 126. The van der Waals surface area contributed by atoms with Crippen LogP contribution in [0.3, 0.4) is 0 Å². The van der Waals surface area contributed by atoms with Gasteiger partial charge in [-0.1, -0.05) is 0 Å². The lowest BCUT2D eigenvalue weighted by molar-refractivity contribution is -0.530. The Balaban J connectivity index is 4.32. The zero-order valence-electron chi connectivity index (χ0n) is 6.81. The smallest absolute Gasteiger partial charge is 0.161 e. The number of hydrogen-bond donors (Lipinski definition) is 0. The summed E-state index contributed by atoms with van der Waals surface area (Å²) in [6, 6.07) is 0. The van der Waals surface area contributed by atoms with Gasteiger partial charge >= 0.3 is 0 Å². The van der Waals surface area contributed by atoms with Crippen molar-refractivity contribution in [3.8, 4) is 0 Å². The van der Waals surface area contributed by atoms with Crippen LogP contribution in [0.5, 0.6) is 0 Å². The molecular weight excluding hydrogens is 110 g/mol. The maximum absolute atomic E-state index is 3.69. The van der Waals surface area contributed by atoms with E-state index in [-0.39, 0.29) is 5.54 Å². The van der Waals surface area contributed by atoms with E-state index in [0.717, 1.165) is 0 Å². The van der Waals surface area contributed by atoms with Gasteiger partial charge in [0.25, 0.3) is 0 Å². The zero-order valence-corrected chi connectivity index (χ0v) is 6.81. The quantitative estimate of drug-likeness (QED) is 0.373. The lowest BCUT2D eigenvalue weighted by Gasteiger charge is -2.12. The van der Waals surface area contributed by atoms with Gasteiger partial charge in [-0.05, 0) is 6.58 Å². The van der Waals surface area contributed by atoms with Crippen molar-refractivity contribution in [3.05, 3.63) is 12.8 Å². The molecule has 0 bridgehead atoms. The molecule has 1 nitrogen and oxygen atoms in total. The van der Waals surface area contributed by atoms with Gasteiger partial charge in [-0.3, -0.25) is 0 Å². The Morgan fingerprint density at radius 3 is 1.78 bits per heavy atom. The lowest BCUT2D eigenvalue weighted by Crippen LogP contribution is -2.28. The third-order valence-corrected chi connectivity index (χ3v) is 1.25. The normalized spacial score (nSPS) is 13.6. The van der Waals surface area contributed by atoms with Gasteiger partial charge in [0, 0.05) is 27.7 Å². The largest absolute Gasteiger partial charge is 0.205 e. The molecule has 0 atom stereocenters. The molecule has 0 aliphatic carbocycles. The molecule has 1 heteroatoms. The number of nitrogens with zero attached hydrogens (tertiary/aromatic N) is 1. The Morgan fingerprint density at radius 1 is 1.33 bits per heavy atom. The van der Waals surface area contributed by atoms with Crippen molar-refractivity contribution in [3.63, 3.8) is 0 Å². The summed E-state index contributed by atoms with van der Waals surface area (Å²) in [5.41, 5.74) is 0.177. The molecular formula is C8H16N+. The monoisotopic (exact) mass is 126 g/mol. The fourth-order valence-corrected chi connectivity index (χ4v) is 0.767. The third-order valence-electron chi connectivity index (χ3n) is 1.25. The highest BCUT2D eigenvalue weighted by Crippen LogP contribution is 2.05. The third kappa shape index (κ3) is 2.45. The summed E-state index contributed by atoms with van der Waals surface area (Å²) in [7, 11) is 0. The number of rotatable bonds is 1. The first-order valence-corrected chi connectivity index (χ1v) is 3.23. The highest BCUT2D eigenvalue weighted by molar-refractivity contribution is 5.47. The molecule has 0 aromatic heterocycles. The molecule has 0 fully saturated rings. The van der Waals surface area contributed by atoms with Crippen LogP contribution in [0, 0.1) is 0 Å². The van der Waals surface area contributed by atoms with Gasteiger partial charge in [-0.25, -0.2) is 4.58 Å². The van der Waals surface area contributed by atoms with E-state index in [0.29, 0.717) is 0 Å². The standard InChI is InChI=1S/C8H16N/c1-6-9(7-2)8(3,4)5/h6-7H,1H2,2-5H3/q+1. The molecule has 0 aromatic carbocycles. The van der Waals surface area contributed by atoms with Crippen LogP contribution in [-0.2, 0) is 0 Å². The van der Waals surface area contributed by atoms with Crippen molar-refractivity contribution < 1.29 is 4.58 Å². The van der Waals surface area contributed by atoms with Gasteiger partial charge in [-0.15, -0.1) is 0 Å². The van der Waals surface area contributed by atoms with Crippen LogP contribution in [-0.4, -0.2) is 16.3 Å². The van der Waals surface area contributed by atoms with E-state index in [4.69, 9.17) is 0 Å². The lowest BCUT2D eigenvalue weighted by atomic mass is 10.1. The molecule has 0 amide bonds. The maximum atomic E-state index is 3.69. The molecule has 0 saturated heterocycles. The molecule has 0 spiro atoms. The highest BCUT2D eigenvalue weighted by atomic mass is 15.0. The van der Waals surface area contributed by atoms with E-state index in [1.54, 1.807) is 0 Å². The van der Waals surface area contributed by atoms with Gasteiger partial charge in [0.1, 0.15) is 6.21 Å². The van der Waals surface area contributed by atoms with E-state index in [2.05, 4.69) is 31.9 Å². The Morgan fingerprint density at radius 2 is 1.78 bits per heavy atom. The molecule has 0 unspecified atom stereocenters. The van der Waals surface area contributed by atoms with E-state index in [1.165, 1.54) is 0 Å². The van der Waals surface area contributed by atoms with Gasteiger partial charge in [0.15, 0.2) is 11.7 Å². The summed E-state index contributed by atoms with van der Waals surface area (Å²) in [6.07, 6.45) is 3.85. The average Bonchev–Trinajstić information content (AvgIpc) is 1.65. The molecule has 0 aromatic rings. The minimum Gasteiger partial charge on any atom is -0.205 e. The molecule has 0 rings (SSSR count). The summed E-state index contributed by atoms with van der Waals surface area (Å²) >= 11 is 0. The van der Waals surface area contributed by atoms with E-state index >= 15 is 0 Å². The molecule has 9 heavy (non-hydrogen) atoms. The van der Waals surface area contributed by atoms with Crippen LogP contribution in [0.4, 0.5) is 0 Å². The van der Waals surface area contributed by atoms with Crippen molar-refractivity contribution in [1.29, 1.82) is 0 Å². The summed E-state index contributed by atoms with van der Waals surface area (Å²) < 4.78 is 2.08. The van der Waals surface area contributed by atoms with Crippen LogP contribution in [0.15, 0.2) is 12.8 Å². The van der Waals surface area contributed by atoms with E-state index in [9.17, 15) is 0 Å². The average molecular weight is 126 g/mol. The molecule has 0 aliphatic heterocycles. The Labute approximate surface area is 57.7 Å². The van der Waals surface area contributed by atoms with Gasteiger partial charge in [0.2, 0.25) is 0 Å². The second-order valence-electron chi connectivity index (χ2n) is 3.02. The van der Waals surface area contributed by atoms with Gasteiger partial charge < -0.3 is 0 Å². The Hall–Kier alpha value is -0.590.